The minimum atomic E-state index is 0.101. The molecule has 0 unspecified atom stereocenters. The van der Waals surface area contributed by atoms with Gasteiger partial charge in [0.2, 0.25) is 5.91 Å². The molecule has 0 atom stereocenters. The fourth-order valence-corrected chi connectivity index (χ4v) is 1.65. The molecule has 1 heterocycles. The summed E-state index contributed by atoms with van der Waals surface area (Å²) in [5.41, 5.74) is 0. The average molecular weight is 213 g/mol. The van der Waals surface area contributed by atoms with E-state index in [9.17, 15) is 4.79 Å². The lowest BCUT2D eigenvalue weighted by Crippen LogP contribution is -2.44. The summed E-state index contributed by atoms with van der Waals surface area (Å²) in [6.07, 6.45) is 1.05. The molecule has 1 fully saturated rings. The van der Waals surface area contributed by atoms with Gasteiger partial charge in [0, 0.05) is 38.6 Å². The van der Waals surface area contributed by atoms with E-state index in [0.29, 0.717) is 0 Å². The Balaban J connectivity index is 1.98. The quantitative estimate of drug-likeness (QED) is 0.635. The number of hydrogen-bond donors (Lipinski definition) is 2. The predicted octanol–water partition coefficient (Wildman–Crippen LogP) is 0.0539. The molecule has 0 spiro atoms. The topological polar surface area (TPSA) is 44.4 Å². The summed E-state index contributed by atoms with van der Waals surface area (Å²) < 4.78 is 0. The van der Waals surface area contributed by atoms with Gasteiger partial charge in [0.1, 0.15) is 0 Å². The van der Waals surface area contributed by atoms with Gasteiger partial charge >= 0.3 is 0 Å². The molecule has 4 nitrogen and oxygen atoms in total. The molecule has 0 radical (unpaired) electrons. The molecule has 0 saturated carbocycles. The normalized spacial score (nSPS) is 18.1. The van der Waals surface area contributed by atoms with E-state index in [2.05, 4.69) is 15.5 Å². The van der Waals surface area contributed by atoms with Crippen LogP contribution in [0.1, 0.15) is 20.3 Å². The number of nitrogens with zero attached hydrogens (tertiary/aromatic N) is 1. The molecule has 2 N–H and O–H groups in total. The first-order valence-corrected chi connectivity index (χ1v) is 5.91. The lowest BCUT2D eigenvalue weighted by Gasteiger charge is -2.27. The molecule has 88 valence electrons. The number of carbonyl (C=O) groups is 1. The fraction of sp³-hybridized carbons (Fsp3) is 0.909. The molecular weight excluding hydrogens is 190 g/mol. The van der Waals surface area contributed by atoms with Gasteiger partial charge in [-0.15, -0.1) is 0 Å². The van der Waals surface area contributed by atoms with E-state index in [-0.39, 0.29) is 11.8 Å². The van der Waals surface area contributed by atoms with Crippen molar-refractivity contribution >= 4 is 5.91 Å². The Morgan fingerprint density at radius 1 is 1.40 bits per heavy atom. The largest absolute Gasteiger partial charge is 0.356 e. The highest BCUT2D eigenvalue weighted by atomic mass is 16.1. The molecule has 0 aromatic rings. The number of carbonyl (C=O) groups excluding carboxylic acids is 1. The summed E-state index contributed by atoms with van der Waals surface area (Å²) in [7, 11) is 0. The van der Waals surface area contributed by atoms with Gasteiger partial charge in [0.05, 0.1) is 0 Å². The van der Waals surface area contributed by atoms with E-state index in [4.69, 9.17) is 0 Å². The van der Waals surface area contributed by atoms with Crippen LogP contribution in [0.5, 0.6) is 0 Å². The molecule has 1 aliphatic heterocycles. The zero-order valence-corrected chi connectivity index (χ0v) is 9.88. The minimum Gasteiger partial charge on any atom is -0.356 e. The van der Waals surface area contributed by atoms with E-state index in [0.717, 1.165) is 45.7 Å². The Labute approximate surface area is 92.4 Å². The third-order valence-corrected chi connectivity index (χ3v) is 2.68. The SMILES string of the molecule is CC(C)C(=O)NCCCN1CCNCC1. The molecule has 15 heavy (non-hydrogen) atoms. The summed E-state index contributed by atoms with van der Waals surface area (Å²) in [5, 5.41) is 6.27. The number of piperazine rings is 1. The Kier molecular flexibility index (Phi) is 5.65. The van der Waals surface area contributed by atoms with Crippen molar-refractivity contribution in [1.82, 2.24) is 15.5 Å². The molecule has 0 bridgehead atoms. The first kappa shape index (κ1) is 12.5. The Morgan fingerprint density at radius 3 is 2.67 bits per heavy atom. The molecule has 1 saturated heterocycles. The first-order chi connectivity index (χ1) is 7.20. The van der Waals surface area contributed by atoms with E-state index in [1.54, 1.807) is 0 Å². The first-order valence-electron chi connectivity index (χ1n) is 5.91. The predicted molar refractivity (Wildman–Crippen MR) is 61.8 cm³/mol. The van der Waals surface area contributed by atoms with Gasteiger partial charge in [-0.3, -0.25) is 4.79 Å². The fourth-order valence-electron chi connectivity index (χ4n) is 1.65. The number of rotatable bonds is 5. The van der Waals surface area contributed by atoms with Crippen LogP contribution in [0, 0.1) is 5.92 Å². The van der Waals surface area contributed by atoms with E-state index in [1.165, 1.54) is 0 Å². The Bertz CT molecular complexity index is 188. The summed E-state index contributed by atoms with van der Waals surface area (Å²) in [4.78, 5) is 13.7. The van der Waals surface area contributed by atoms with Gasteiger partial charge in [-0.25, -0.2) is 0 Å². The van der Waals surface area contributed by atoms with Crippen molar-refractivity contribution in [2.45, 2.75) is 20.3 Å². The monoisotopic (exact) mass is 213 g/mol. The standard InChI is InChI=1S/C11H23N3O/c1-10(2)11(15)13-4-3-7-14-8-5-12-6-9-14/h10,12H,3-9H2,1-2H3,(H,13,15). The zero-order valence-electron chi connectivity index (χ0n) is 9.88. The maximum atomic E-state index is 11.3. The third kappa shape index (κ3) is 5.14. The van der Waals surface area contributed by atoms with E-state index < -0.39 is 0 Å². The summed E-state index contributed by atoms with van der Waals surface area (Å²) in [6.45, 7) is 10.2. The summed E-state index contributed by atoms with van der Waals surface area (Å²) in [6, 6.07) is 0. The molecule has 0 aromatic heterocycles. The van der Waals surface area contributed by atoms with Crippen LogP contribution >= 0.6 is 0 Å². The van der Waals surface area contributed by atoms with Crippen LogP contribution in [-0.4, -0.2) is 50.1 Å². The van der Waals surface area contributed by atoms with Crippen molar-refractivity contribution < 1.29 is 4.79 Å². The van der Waals surface area contributed by atoms with Crippen molar-refractivity contribution in [2.75, 3.05) is 39.3 Å². The highest BCUT2D eigenvalue weighted by Crippen LogP contribution is 1.94. The van der Waals surface area contributed by atoms with Crippen molar-refractivity contribution in [1.29, 1.82) is 0 Å². The lowest BCUT2D eigenvalue weighted by molar-refractivity contribution is -0.123. The maximum Gasteiger partial charge on any atom is 0.222 e. The van der Waals surface area contributed by atoms with Crippen molar-refractivity contribution in [3.05, 3.63) is 0 Å². The van der Waals surface area contributed by atoms with Crippen molar-refractivity contribution in [3.63, 3.8) is 0 Å². The van der Waals surface area contributed by atoms with E-state index >= 15 is 0 Å². The highest BCUT2D eigenvalue weighted by molar-refractivity contribution is 5.77. The molecule has 1 aliphatic rings. The van der Waals surface area contributed by atoms with E-state index in [1.807, 2.05) is 13.8 Å². The number of amides is 1. The molecule has 0 aromatic carbocycles. The molecular formula is C11H23N3O. The molecule has 1 amide bonds. The molecule has 0 aliphatic carbocycles. The van der Waals surface area contributed by atoms with Crippen LogP contribution < -0.4 is 10.6 Å². The summed E-state index contributed by atoms with van der Waals surface area (Å²) in [5.74, 6) is 0.263. The van der Waals surface area contributed by atoms with Crippen LogP contribution in [-0.2, 0) is 4.79 Å². The van der Waals surface area contributed by atoms with Gasteiger partial charge in [-0.2, -0.15) is 0 Å². The average Bonchev–Trinajstić information content (AvgIpc) is 2.25. The van der Waals surface area contributed by atoms with Crippen molar-refractivity contribution in [3.8, 4) is 0 Å². The molecule has 1 rings (SSSR count). The van der Waals surface area contributed by atoms with Gasteiger partial charge in [0.15, 0.2) is 0 Å². The van der Waals surface area contributed by atoms with Gasteiger partial charge in [0.25, 0.3) is 0 Å². The number of hydrogen-bond acceptors (Lipinski definition) is 3. The maximum absolute atomic E-state index is 11.3. The second-order valence-corrected chi connectivity index (χ2v) is 4.39. The van der Waals surface area contributed by atoms with Crippen LogP contribution in [0.3, 0.4) is 0 Å². The van der Waals surface area contributed by atoms with Crippen LogP contribution in [0.15, 0.2) is 0 Å². The second kappa shape index (κ2) is 6.80. The van der Waals surface area contributed by atoms with Crippen molar-refractivity contribution in [2.24, 2.45) is 5.92 Å². The molecule has 4 heteroatoms. The summed E-state index contributed by atoms with van der Waals surface area (Å²) >= 11 is 0. The smallest absolute Gasteiger partial charge is 0.222 e. The Morgan fingerprint density at radius 2 is 2.07 bits per heavy atom. The lowest BCUT2D eigenvalue weighted by atomic mass is 10.2. The van der Waals surface area contributed by atoms with Crippen LogP contribution in [0.2, 0.25) is 0 Å². The highest BCUT2D eigenvalue weighted by Gasteiger charge is 2.09. The Hall–Kier alpha value is -0.610. The van der Waals surface area contributed by atoms with Gasteiger partial charge < -0.3 is 15.5 Å². The third-order valence-electron chi connectivity index (χ3n) is 2.68. The number of nitrogens with one attached hydrogen (secondary N) is 2. The minimum absolute atomic E-state index is 0.101. The van der Waals surface area contributed by atoms with Crippen LogP contribution in [0.25, 0.3) is 0 Å². The second-order valence-electron chi connectivity index (χ2n) is 4.39. The zero-order chi connectivity index (χ0) is 11.1. The van der Waals surface area contributed by atoms with Gasteiger partial charge in [-0.1, -0.05) is 13.8 Å². The van der Waals surface area contributed by atoms with Gasteiger partial charge in [-0.05, 0) is 13.0 Å². The van der Waals surface area contributed by atoms with Crippen LogP contribution in [0.4, 0.5) is 0 Å².